The van der Waals surface area contributed by atoms with Crippen LogP contribution in [0.2, 0.25) is 0 Å². The Hall–Kier alpha value is -0.530. The molecular weight excluding hydrogens is 294 g/mol. The van der Waals surface area contributed by atoms with Crippen molar-refractivity contribution in [3.05, 3.63) is 0 Å². The van der Waals surface area contributed by atoms with Crippen LogP contribution in [0.15, 0.2) is 0 Å². The summed E-state index contributed by atoms with van der Waals surface area (Å²) in [6.45, 7) is 0. The maximum atomic E-state index is 13.1. The largest absolute Gasteiger partial charge is 0.351 e. The number of carbonyl (C=O) groups excluding carboxylic acids is 1. The Bertz CT molecular complexity index is 446. The van der Waals surface area contributed by atoms with E-state index >= 15 is 0 Å². The molecule has 0 aliphatic heterocycles. The predicted octanol–water partition coefficient (Wildman–Crippen LogP) is 4.68. The standard InChI is InChI=1S/C22H33NO/c24-20(13-21-7-14-1-15(8-21)3-16(2-14)9-21)23-22-10-17-4-18(11-22)6-19(5-17)12-22/h14-19H,1-13H2,(H,23,24). The van der Waals surface area contributed by atoms with Crippen LogP contribution in [0.25, 0.3) is 0 Å². The van der Waals surface area contributed by atoms with Crippen LogP contribution in [0.1, 0.15) is 83.5 Å². The van der Waals surface area contributed by atoms with Crippen LogP contribution in [0.4, 0.5) is 0 Å². The Kier molecular flexibility index (Phi) is 2.92. The normalized spacial score (nSPS) is 56.7. The number of rotatable bonds is 3. The number of carbonyl (C=O) groups is 1. The Morgan fingerprint density at radius 1 is 0.667 bits per heavy atom. The van der Waals surface area contributed by atoms with Crippen LogP contribution in [-0.4, -0.2) is 11.4 Å². The molecule has 1 N–H and O–H groups in total. The first-order valence-corrected chi connectivity index (χ1v) is 10.9. The van der Waals surface area contributed by atoms with Gasteiger partial charge in [0.1, 0.15) is 0 Å². The molecule has 8 saturated carbocycles. The van der Waals surface area contributed by atoms with Crippen molar-refractivity contribution in [1.29, 1.82) is 0 Å². The average Bonchev–Trinajstić information content (AvgIpc) is 2.42. The Morgan fingerprint density at radius 3 is 1.46 bits per heavy atom. The lowest BCUT2D eigenvalue weighted by Crippen LogP contribution is -2.60. The second-order valence-electron chi connectivity index (χ2n) is 11.3. The van der Waals surface area contributed by atoms with E-state index in [9.17, 15) is 4.79 Å². The summed E-state index contributed by atoms with van der Waals surface area (Å²) in [6, 6.07) is 0. The molecule has 0 aromatic carbocycles. The minimum absolute atomic E-state index is 0.216. The maximum Gasteiger partial charge on any atom is 0.220 e. The molecule has 8 aliphatic carbocycles. The first-order chi connectivity index (χ1) is 11.6. The van der Waals surface area contributed by atoms with Gasteiger partial charge in [-0.15, -0.1) is 0 Å². The highest BCUT2D eigenvalue weighted by Gasteiger charge is 2.54. The van der Waals surface area contributed by atoms with E-state index in [1.165, 1.54) is 77.0 Å². The molecule has 2 heteroatoms. The summed E-state index contributed by atoms with van der Waals surface area (Å²) >= 11 is 0. The van der Waals surface area contributed by atoms with Gasteiger partial charge < -0.3 is 5.32 Å². The Balaban J connectivity index is 1.17. The van der Waals surface area contributed by atoms with Crippen LogP contribution in [-0.2, 0) is 4.79 Å². The van der Waals surface area contributed by atoms with Crippen molar-refractivity contribution < 1.29 is 4.79 Å². The molecule has 0 radical (unpaired) electrons. The highest BCUT2D eigenvalue weighted by molar-refractivity contribution is 5.77. The minimum atomic E-state index is 0.216. The lowest BCUT2D eigenvalue weighted by molar-refractivity contribution is -0.134. The number of amides is 1. The lowest BCUT2D eigenvalue weighted by atomic mass is 9.48. The van der Waals surface area contributed by atoms with Gasteiger partial charge in [0.2, 0.25) is 5.91 Å². The van der Waals surface area contributed by atoms with Crippen LogP contribution in [0.5, 0.6) is 0 Å². The van der Waals surface area contributed by atoms with Crippen molar-refractivity contribution in [3.63, 3.8) is 0 Å². The highest BCUT2D eigenvalue weighted by atomic mass is 16.1. The zero-order valence-electron chi connectivity index (χ0n) is 15.1. The Labute approximate surface area is 146 Å². The summed E-state index contributed by atoms with van der Waals surface area (Å²) in [7, 11) is 0. The predicted molar refractivity (Wildman–Crippen MR) is 94.3 cm³/mol. The van der Waals surface area contributed by atoms with E-state index < -0.39 is 0 Å². The van der Waals surface area contributed by atoms with Gasteiger partial charge in [0.15, 0.2) is 0 Å². The Morgan fingerprint density at radius 2 is 1.04 bits per heavy atom. The van der Waals surface area contributed by atoms with E-state index in [1.807, 2.05) is 0 Å². The van der Waals surface area contributed by atoms with Crippen LogP contribution in [0, 0.1) is 40.9 Å². The fraction of sp³-hybridized carbons (Fsp3) is 0.955. The smallest absolute Gasteiger partial charge is 0.220 e. The molecule has 0 saturated heterocycles. The molecule has 8 fully saturated rings. The SMILES string of the molecule is O=C(CC12CC3CC(CC(C3)C1)C2)NC12CC3CC(CC(C3)C1)C2. The molecule has 8 aliphatic rings. The molecule has 8 rings (SSSR count). The van der Waals surface area contributed by atoms with Crippen molar-refractivity contribution in [1.82, 2.24) is 5.32 Å². The summed E-state index contributed by atoms with van der Waals surface area (Å²) in [6.07, 6.45) is 17.7. The van der Waals surface area contributed by atoms with Crippen LogP contribution in [0.3, 0.4) is 0 Å². The molecule has 0 spiro atoms. The second kappa shape index (κ2) is 4.80. The summed E-state index contributed by atoms with van der Waals surface area (Å²) in [5, 5.41) is 3.66. The first kappa shape index (κ1) is 14.6. The van der Waals surface area contributed by atoms with Crippen molar-refractivity contribution in [2.45, 2.75) is 89.0 Å². The van der Waals surface area contributed by atoms with Gasteiger partial charge in [0.25, 0.3) is 0 Å². The second-order valence-corrected chi connectivity index (χ2v) is 11.3. The zero-order valence-corrected chi connectivity index (χ0v) is 15.1. The summed E-state index contributed by atoms with van der Waals surface area (Å²) in [4.78, 5) is 13.1. The van der Waals surface area contributed by atoms with E-state index in [2.05, 4.69) is 5.32 Å². The molecule has 2 nitrogen and oxygen atoms in total. The third kappa shape index (κ3) is 2.23. The van der Waals surface area contributed by atoms with Gasteiger partial charge in [-0.25, -0.2) is 0 Å². The van der Waals surface area contributed by atoms with Gasteiger partial charge in [-0.1, -0.05) is 0 Å². The molecule has 24 heavy (non-hydrogen) atoms. The topological polar surface area (TPSA) is 29.1 Å². The van der Waals surface area contributed by atoms with Gasteiger partial charge in [-0.05, 0) is 118 Å². The number of hydrogen-bond donors (Lipinski definition) is 1. The van der Waals surface area contributed by atoms with Crippen molar-refractivity contribution in [2.24, 2.45) is 40.9 Å². The summed E-state index contributed by atoms with van der Waals surface area (Å²) < 4.78 is 0. The molecule has 0 heterocycles. The summed E-state index contributed by atoms with van der Waals surface area (Å²) in [5.74, 6) is 6.10. The molecule has 8 bridgehead atoms. The van der Waals surface area contributed by atoms with Crippen molar-refractivity contribution >= 4 is 5.91 Å². The highest BCUT2D eigenvalue weighted by Crippen LogP contribution is 2.61. The number of nitrogens with one attached hydrogen (secondary N) is 1. The van der Waals surface area contributed by atoms with Crippen LogP contribution >= 0.6 is 0 Å². The average molecular weight is 328 g/mol. The van der Waals surface area contributed by atoms with Gasteiger partial charge >= 0.3 is 0 Å². The van der Waals surface area contributed by atoms with E-state index in [4.69, 9.17) is 0 Å². The third-order valence-corrected chi connectivity index (χ3v) is 9.14. The molecule has 132 valence electrons. The monoisotopic (exact) mass is 327 g/mol. The number of hydrogen-bond acceptors (Lipinski definition) is 1. The van der Waals surface area contributed by atoms with Crippen molar-refractivity contribution in [2.75, 3.05) is 0 Å². The molecule has 0 aromatic rings. The molecular formula is C22H33NO. The first-order valence-electron chi connectivity index (χ1n) is 10.9. The quantitative estimate of drug-likeness (QED) is 0.801. The fourth-order valence-corrected chi connectivity index (χ4v) is 9.45. The van der Waals surface area contributed by atoms with Crippen molar-refractivity contribution in [3.8, 4) is 0 Å². The van der Waals surface area contributed by atoms with Gasteiger partial charge in [-0.3, -0.25) is 4.79 Å². The van der Waals surface area contributed by atoms with E-state index in [1.54, 1.807) is 0 Å². The van der Waals surface area contributed by atoms with E-state index in [0.29, 0.717) is 11.3 Å². The van der Waals surface area contributed by atoms with Gasteiger partial charge in [0.05, 0.1) is 0 Å². The van der Waals surface area contributed by atoms with Gasteiger partial charge in [-0.2, -0.15) is 0 Å². The molecule has 0 atom stereocenters. The van der Waals surface area contributed by atoms with E-state index in [-0.39, 0.29) is 5.54 Å². The van der Waals surface area contributed by atoms with E-state index in [0.717, 1.165) is 41.9 Å². The lowest BCUT2D eigenvalue weighted by Gasteiger charge is -2.58. The zero-order chi connectivity index (χ0) is 15.9. The minimum Gasteiger partial charge on any atom is -0.351 e. The molecule has 0 unspecified atom stereocenters. The summed E-state index contributed by atoms with van der Waals surface area (Å²) in [5.41, 5.74) is 0.620. The van der Waals surface area contributed by atoms with Crippen LogP contribution < -0.4 is 5.32 Å². The molecule has 1 amide bonds. The molecule has 0 aromatic heterocycles. The van der Waals surface area contributed by atoms with Gasteiger partial charge in [0, 0.05) is 12.0 Å². The fourth-order valence-electron chi connectivity index (χ4n) is 9.45. The third-order valence-electron chi connectivity index (χ3n) is 9.14. The maximum absolute atomic E-state index is 13.1.